The molecule has 3 rings (SSSR count). The molecule has 0 atom stereocenters. The molecule has 0 heterocycles. The van der Waals surface area contributed by atoms with Crippen LogP contribution in [0.2, 0.25) is 10.0 Å². The van der Waals surface area contributed by atoms with Crippen molar-refractivity contribution in [1.82, 2.24) is 0 Å². The number of hydrogen-bond donors (Lipinski definition) is 0. The summed E-state index contributed by atoms with van der Waals surface area (Å²) >= 11 is 12.6. The normalized spacial score (nSPS) is 11.2. The number of anilines is 1. The number of rotatable bonds is 9. The van der Waals surface area contributed by atoms with E-state index in [4.69, 9.17) is 32.7 Å². The fourth-order valence-corrected chi connectivity index (χ4v) is 5.36. The molecule has 0 saturated carbocycles. The van der Waals surface area contributed by atoms with Gasteiger partial charge in [-0.05, 0) is 54.4 Å². The Bertz CT molecular complexity index is 1250. The number of ether oxygens (including phenoxy) is 2. The number of halogens is 2. The van der Waals surface area contributed by atoms with Gasteiger partial charge in [-0.1, -0.05) is 53.5 Å². The Morgan fingerprint density at radius 3 is 2.36 bits per heavy atom. The molecule has 0 unspecified atom stereocenters. The molecule has 0 N–H and O–H groups in total. The van der Waals surface area contributed by atoms with Crippen LogP contribution in [0.1, 0.15) is 18.1 Å². The van der Waals surface area contributed by atoms with Gasteiger partial charge in [0.2, 0.25) is 0 Å². The van der Waals surface area contributed by atoms with Gasteiger partial charge in [-0.3, -0.25) is 9.10 Å². The molecule has 33 heavy (non-hydrogen) atoms. The lowest BCUT2D eigenvalue weighted by Crippen LogP contribution is -2.37. The molecule has 0 aliphatic rings. The highest BCUT2D eigenvalue weighted by Crippen LogP contribution is 2.34. The SMILES string of the molecule is CCOC(=O)CN(c1ccc(Cl)cc1Cc1ccccc1Cl)S(=O)(=O)c1ccccc1OC. The first-order chi connectivity index (χ1) is 15.8. The van der Waals surface area contributed by atoms with Crippen LogP contribution in [0.5, 0.6) is 5.75 Å². The Kier molecular flexibility index (Phi) is 8.24. The van der Waals surface area contributed by atoms with Crippen LogP contribution in [0.15, 0.2) is 71.6 Å². The smallest absolute Gasteiger partial charge is 0.326 e. The lowest BCUT2D eigenvalue weighted by Gasteiger charge is -2.27. The Balaban J connectivity index is 2.17. The second kappa shape index (κ2) is 10.9. The van der Waals surface area contributed by atoms with Crippen LogP contribution in [0, 0.1) is 0 Å². The topological polar surface area (TPSA) is 72.9 Å². The molecule has 174 valence electrons. The van der Waals surface area contributed by atoms with E-state index >= 15 is 0 Å². The number of esters is 1. The zero-order valence-electron chi connectivity index (χ0n) is 18.1. The number of para-hydroxylation sites is 1. The number of methoxy groups -OCH3 is 1. The van der Waals surface area contributed by atoms with Gasteiger partial charge in [0.1, 0.15) is 17.2 Å². The van der Waals surface area contributed by atoms with Gasteiger partial charge in [-0.15, -0.1) is 0 Å². The first-order valence-corrected chi connectivity index (χ1v) is 12.3. The van der Waals surface area contributed by atoms with Crippen molar-refractivity contribution in [3.05, 3.63) is 87.9 Å². The zero-order chi connectivity index (χ0) is 24.0. The third-order valence-corrected chi connectivity index (χ3v) is 7.27. The number of nitrogens with zero attached hydrogens (tertiary/aromatic N) is 1. The molecule has 0 aliphatic carbocycles. The van der Waals surface area contributed by atoms with E-state index in [9.17, 15) is 13.2 Å². The Hall–Kier alpha value is -2.74. The monoisotopic (exact) mass is 507 g/mol. The van der Waals surface area contributed by atoms with E-state index in [2.05, 4.69) is 0 Å². The average molecular weight is 508 g/mol. The molecule has 3 aromatic rings. The molecule has 6 nitrogen and oxygen atoms in total. The van der Waals surface area contributed by atoms with E-state index in [1.165, 1.54) is 13.2 Å². The van der Waals surface area contributed by atoms with Crippen molar-refractivity contribution in [2.24, 2.45) is 0 Å². The van der Waals surface area contributed by atoms with Crippen molar-refractivity contribution in [1.29, 1.82) is 0 Å². The second-order valence-corrected chi connectivity index (χ2v) is 9.68. The predicted octanol–water partition coefficient (Wildman–Crippen LogP) is 5.35. The molecule has 0 radical (unpaired) electrons. The van der Waals surface area contributed by atoms with Crippen LogP contribution in [0.3, 0.4) is 0 Å². The lowest BCUT2D eigenvalue weighted by atomic mass is 10.0. The van der Waals surface area contributed by atoms with Gasteiger partial charge in [0.15, 0.2) is 0 Å². The van der Waals surface area contributed by atoms with Crippen LogP contribution in [0.25, 0.3) is 0 Å². The minimum absolute atomic E-state index is 0.0737. The Labute approximate surface area is 203 Å². The Morgan fingerprint density at radius 1 is 0.970 bits per heavy atom. The number of hydrogen-bond acceptors (Lipinski definition) is 5. The van der Waals surface area contributed by atoms with Gasteiger partial charge in [0.05, 0.1) is 19.4 Å². The maximum atomic E-state index is 13.8. The first kappa shape index (κ1) is 24.9. The van der Waals surface area contributed by atoms with E-state index < -0.39 is 22.5 Å². The number of carbonyl (C=O) groups is 1. The molecule has 0 bridgehead atoms. The molecular weight excluding hydrogens is 485 g/mol. The minimum Gasteiger partial charge on any atom is -0.495 e. The predicted molar refractivity (Wildman–Crippen MR) is 130 cm³/mol. The van der Waals surface area contributed by atoms with Crippen LogP contribution in [-0.4, -0.2) is 34.6 Å². The van der Waals surface area contributed by atoms with Crippen LogP contribution < -0.4 is 9.04 Å². The van der Waals surface area contributed by atoms with Gasteiger partial charge < -0.3 is 9.47 Å². The molecular formula is C24H23Cl2NO5S. The number of carbonyl (C=O) groups excluding carboxylic acids is 1. The Morgan fingerprint density at radius 2 is 1.67 bits per heavy atom. The third kappa shape index (κ3) is 5.79. The van der Waals surface area contributed by atoms with Crippen molar-refractivity contribution in [3.63, 3.8) is 0 Å². The van der Waals surface area contributed by atoms with Gasteiger partial charge in [0, 0.05) is 16.5 Å². The highest BCUT2D eigenvalue weighted by Gasteiger charge is 2.32. The van der Waals surface area contributed by atoms with Crippen molar-refractivity contribution in [2.75, 3.05) is 24.6 Å². The van der Waals surface area contributed by atoms with Crippen molar-refractivity contribution < 1.29 is 22.7 Å². The molecule has 0 fully saturated rings. The largest absolute Gasteiger partial charge is 0.495 e. The second-order valence-electron chi connectivity index (χ2n) is 7.01. The third-order valence-electron chi connectivity index (χ3n) is 4.86. The van der Waals surface area contributed by atoms with Crippen molar-refractivity contribution >= 4 is 44.9 Å². The summed E-state index contributed by atoms with van der Waals surface area (Å²) in [7, 11) is -2.83. The fraction of sp³-hybridized carbons (Fsp3) is 0.208. The van der Waals surface area contributed by atoms with E-state index in [-0.39, 0.29) is 17.3 Å². The maximum absolute atomic E-state index is 13.8. The zero-order valence-corrected chi connectivity index (χ0v) is 20.5. The number of sulfonamides is 1. The van der Waals surface area contributed by atoms with Gasteiger partial charge >= 0.3 is 5.97 Å². The standard InChI is InChI=1S/C24H23Cl2NO5S/c1-3-32-24(28)16-27(33(29,30)23-11-7-6-10-22(23)31-2)21-13-12-19(25)15-18(21)14-17-8-4-5-9-20(17)26/h4-13,15H,3,14,16H2,1-2H3. The summed E-state index contributed by atoms with van der Waals surface area (Å²) < 4.78 is 38.9. The molecule has 0 amide bonds. The lowest BCUT2D eigenvalue weighted by molar-refractivity contribution is -0.141. The number of benzene rings is 3. The summed E-state index contributed by atoms with van der Waals surface area (Å²) in [5.74, 6) is -0.525. The van der Waals surface area contributed by atoms with Crippen LogP contribution in [-0.2, 0) is 26.0 Å². The van der Waals surface area contributed by atoms with Gasteiger partial charge in [-0.25, -0.2) is 8.42 Å². The highest BCUT2D eigenvalue weighted by molar-refractivity contribution is 7.93. The van der Waals surface area contributed by atoms with Crippen LogP contribution >= 0.6 is 23.2 Å². The molecule has 3 aromatic carbocycles. The molecule has 0 aromatic heterocycles. The first-order valence-electron chi connectivity index (χ1n) is 10.1. The van der Waals surface area contributed by atoms with Gasteiger partial charge in [-0.2, -0.15) is 0 Å². The molecule has 0 spiro atoms. The molecule has 0 saturated heterocycles. The van der Waals surface area contributed by atoms with E-state index in [0.29, 0.717) is 27.7 Å². The van der Waals surface area contributed by atoms with Crippen molar-refractivity contribution in [2.45, 2.75) is 18.2 Å². The quantitative estimate of drug-likeness (QED) is 0.365. The van der Waals surface area contributed by atoms with Gasteiger partial charge in [0.25, 0.3) is 10.0 Å². The summed E-state index contributed by atoms with van der Waals surface area (Å²) in [6.07, 6.45) is 0.302. The molecule has 0 aliphatic heterocycles. The minimum atomic E-state index is -4.22. The highest BCUT2D eigenvalue weighted by atomic mass is 35.5. The van der Waals surface area contributed by atoms with E-state index in [1.54, 1.807) is 49.4 Å². The van der Waals surface area contributed by atoms with Crippen molar-refractivity contribution in [3.8, 4) is 5.75 Å². The van der Waals surface area contributed by atoms with E-state index in [0.717, 1.165) is 9.87 Å². The summed E-state index contributed by atoms with van der Waals surface area (Å²) in [5, 5.41) is 0.958. The maximum Gasteiger partial charge on any atom is 0.326 e. The summed E-state index contributed by atoms with van der Waals surface area (Å²) in [5.41, 5.74) is 1.66. The average Bonchev–Trinajstić information content (AvgIpc) is 2.79. The molecule has 9 heteroatoms. The summed E-state index contributed by atoms with van der Waals surface area (Å²) in [6.45, 7) is 1.25. The summed E-state index contributed by atoms with van der Waals surface area (Å²) in [6, 6.07) is 18.3. The summed E-state index contributed by atoms with van der Waals surface area (Å²) in [4.78, 5) is 12.4. The van der Waals surface area contributed by atoms with Crippen LogP contribution in [0.4, 0.5) is 5.69 Å². The fourth-order valence-electron chi connectivity index (χ4n) is 3.36. The van der Waals surface area contributed by atoms with E-state index in [1.807, 2.05) is 18.2 Å².